The van der Waals surface area contributed by atoms with Crippen molar-refractivity contribution in [1.29, 1.82) is 0 Å². The van der Waals surface area contributed by atoms with Gasteiger partial charge in [-0.3, -0.25) is 0 Å². The van der Waals surface area contributed by atoms with Crippen molar-refractivity contribution in [2.75, 3.05) is 19.1 Å². The first-order valence-electron chi connectivity index (χ1n) is 5.77. The number of hydrogen-bond acceptors (Lipinski definition) is 3. The summed E-state index contributed by atoms with van der Waals surface area (Å²) in [5, 5.41) is 0. The molecule has 0 radical (unpaired) electrons. The van der Waals surface area contributed by atoms with Crippen LogP contribution in [0.15, 0.2) is 17.0 Å². The summed E-state index contributed by atoms with van der Waals surface area (Å²) in [7, 11) is -2.65. The van der Waals surface area contributed by atoms with Crippen LogP contribution in [0, 0.1) is 11.6 Å². The average Bonchev–Trinajstić information content (AvgIpc) is 2.38. The van der Waals surface area contributed by atoms with Crippen molar-refractivity contribution in [3.8, 4) is 0 Å². The molecule has 8 heteroatoms. The van der Waals surface area contributed by atoms with Gasteiger partial charge in [-0.05, 0) is 25.3 Å². The van der Waals surface area contributed by atoms with Crippen molar-refractivity contribution in [1.82, 2.24) is 4.31 Å². The lowest BCUT2D eigenvalue weighted by Gasteiger charge is -2.24. The van der Waals surface area contributed by atoms with Crippen molar-refractivity contribution in [3.05, 3.63) is 29.3 Å². The summed E-state index contributed by atoms with van der Waals surface area (Å²) in [4.78, 5) is -0.551. The van der Waals surface area contributed by atoms with E-state index in [4.69, 9.17) is 11.6 Å². The van der Waals surface area contributed by atoms with E-state index in [9.17, 15) is 17.2 Å². The Balaban J connectivity index is 3.29. The Bertz CT molecular complexity index is 581. The minimum atomic E-state index is -4.02. The van der Waals surface area contributed by atoms with Crippen LogP contribution in [0.4, 0.5) is 8.78 Å². The second-order valence-electron chi connectivity index (χ2n) is 4.30. The Morgan fingerprint density at radius 1 is 1.40 bits per heavy atom. The molecule has 3 nitrogen and oxygen atoms in total. The number of halogens is 3. The van der Waals surface area contributed by atoms with Gasteiger partial charge in [0.2, 0.25) is 10.0 Å². The third kappa shape index (κ3) is 3.44. The molecular weight excluding hydrogens is 328 g/mol. The first kappa shape index (κ1) is 17.7. The molecule has 1 aromatic carbocycles. The Hall–Kier alpha value is -0.370. The minimum absolute atomic E-state index is 0.307. The minimum Gasteiger partial charge on any atom is -0.207 e. The molecule has 1 rings (SSSR count). The van der Waals surface area contributed by atoms with Crippen LogP contribution in [0.2, 0.25) is 0 Å². The van der Waals surface area contributed by atoms with E-state index in [-0.39, 0.29) is 6.04 Å². The van der Waals surface area contributed by atoms with Gasteiger partial charge in [0, 0.05) is 24.4 Å². The summed E-state index contributed by atoms with van der Waals surface area (Å²) in [6, 6.07) is 1.54. The number of thioether (sulfide) groups is 1. The molecule has 0 bridgehead atoms. The molecule has 0 amide bonds. The highest BCUT2D eigenvalue weighted by Crippen LogP contribution is 2.25. The zero-order valence-corrected chi connectivity index (χ0v) is 13.7. The summed E-state index contributed by atoms with van der Waals surface area (Å²) in [6.07, 6.45) is 1.85. The van der Waals surface area contributed by atoms with Gasteiger partial charge in [0.1, 0.15) is 10.7 Å². The molecule has 0 aliphatic heterocycles. The van der Waals surface area contributed by atoms with Gasteiger partial charge in [0.05, 0.1) is 5.88 Å². The van der Waals surface area contributed by atoms with Crippen LogP contribution in [0.25, 0.3) is 0 Å². The summed E-state index contributed by atoms with van der Waals surface area (Å²) >= 11 is 6.94. The summed E-state index contributed by atoms with van der Waals surface area (Å²) < 4.78 is 53.3. The summed E-state index contributed by atoms with van der Waals surface area (Å²) in [6.45, 7) is 1.72. The van der Waals surface area contributed by atoms with E-state index in [1.165, 1.54) is 18.8 Å². The van der Waals surface area contributed by atoms with Gasteiger partial charge in [-0.25, -0.2) is 17.2 Å². The number of sulfonamides is 1. The fraction of sp³-hybridized carbons (Fsp3) is 0.500. The molecule has 0 aliphatic carbocycles. The van der Waals surface area contributed by atoms with E-state index in [1.54, 1.807) is 6.92 Å². The SMILES string of the molecule is CSCC(C)N(C)S(=O)(=O)c1ccc(F)c(CCl)c1F. The fourth-order valence-corrected chi connectivity index (χ4v) is 4.13. The predicted octanol–water partition coefficient (Wildman–Crippen LogP) is 3.08. The zero-order chi connectivity index (χ0) is 15.5. The van der Waals surface area contributed by atoms with E-state index in [1.807, 2.05) is 6.26 Å². The van der Waals surface area contributed by atoms with Gasteiger partial charge in [-0.15, -0.1) is 11.6 Å². The maximum absolute atomic E-state index is 14.1. The highest BCUT2D eigenvalue weighted by atomic mass is 35.5. The van der Waals surface area contributed by atoms with Gasteiger partial charge < -0.3 is 0 Å². The monoisotopic (exact) mass is 343 g/mol. The van der Waals surface area contributed by atoms with E-state index in [0.717, 1.165) is 16.4 Å². The van der Waals surface area contributed by atoms with Gasteiger partial charge in [0.15, 0.2) is 5.82 Å². The highest BCUT2D eigenvalue weighted by Gasteiger charge is 2.29. The van der Waals surface area contributed by atoms with E-state index < -0.39 is 38.0 Å². The van der Waals surface area contributed by atoms with Crippen molar-refractivity contribution < 1.29 is 17.2 Å². The molecule has 20 heavy (non-hydrogen) atoms. The standard InChI is InChI=1S/C12H16ClF2NO2S2/c1-8(7-19-3)16(2)20(17,18)11-5-4-10(14)9(6-13)12(11)15/h4-5,8H,6-7H2,1-3H3. The smallest absolute Gasteiger partial charge is 0.207 e. The lowest BCUT2D eigenvalue weighted by Crippen LogP contribution is -2.37. The van der Waals surface area contributed by atoms with Gasteiger partial charge in [0.25, 0.3) is 0 Å². The summed E-state index contributed by atoms with van der Waals surface area (Å²) in [5.74, 6) is -1.83. The van der Waals surface area contributed by atoms with Crippen LogP contribution in [-0.2, 0) is 15.9 Å². The van der Waals surface area contributed by atoms with Crippen LogP contribution in [0.5, 0.6) is 0 Å². The van der Waals surface area contributed by atoms with E-state index >= 15 is 0 Å². The molecular formula is C12H16ClF2NO2S2. The van der Waals surface area contributed by atoms with Gasteiger partial charge in [-0.2, -0.15) is 16.1 Å². The molecule has 1 aromatic rings. The Morgan fingerprint density at radius 3 is 2.50 bits per heavy atom. The lowest BCUT2D eigenvalue weighted by molar-refractivity contribution is 0.410. The number of benzene rings is 1. The topological polar surface area (TPSA) is 37.4 Å². The number of rotatable bonds is 6. The fourth-order valence-electron chi connectivity index (χ4n) is 1.64. The lowest BCUT2D eigenvalue weighted by atomic mass is 10.2. The van der Waals surface area contributed by atoms with E-state index in [2.05, 4.69) is 0 Å². The largest absolute Gasteiger partial charge is 0.246 e. The molecule has 0 aromatic heterocycles. The molecule has 1 atom stereocenters. The van der Waals surface area contributed by atoms with Crippen molar-refractivity contribution in [2.45, 2.75) is 23.7 Å². The van der Waals surface area contributed by atoms with Crippen molar-refractivity contribution >= 4 is 33.4 Å². The Labute approximate surface area is 127 Å². The molecule has 0 saturated carbocycles. The van der Waals surface area contributed by atoms with Crippen LogP contribution in [-0.4, -0.2) is 37.8 Å². The highest BCUT2D eigenvalue weighted by molar-refractivity contribution is 7.98. The molecule has 0 spiro atoms. The molecule has 0 N–H and O–H groups in total. The normalized spacial score (nSPS) is 13.8. The van der Waals surface area contributed by atoms with Gasteiger partial charge in [-0.1, -0.05) is 0 Å². The number of nitrogens with zero attached hydrogens (tertiary/aromatic N) is 1. The third-order valence-electron chi connectivity index (χ3n) is 2.97. The molecule has 1 unspecified atom stereocenters. The number of alkyl halides is 1. The maximum atomic E-state index is 14.1. The zero-order valence-electron chi connectivity index (χ0n) is 11.4. The van der Waals surface area contributed by atoms with Crippen molar-refractivity contribution in [2.24, 2.45) is 0 Å². The van der Waals surface area contributed by atoms with Crippen LogP contribution < -0.4 is 0 Å². The Morgan fingerprint density at radius 2 is 2.00 bits per heavy atom. The quantitative estimate of drug-likeness (QED) is 0.745. The molecule has 0 fully saturated rings. The predicted molar refractivity (Wildman–Crippen MR) is 78.7 cm³/mol. The molecule has 0 heterocycles. The summed E-state index contributed by atoms with van der Waals surface area (Å²) in [5.41, 5.74) is -0.432. The third-order valence-corrected chi connectivity index (χ3v) is 6.04. The van der Waals surface area contributed by atoms with Crippen LogP contribution in [0.3, 0.4) is 0 Å². The second kappa shape index (κ2) is 7.06. The molecule has 0 aliphatic rings. The molecule has 0 saturated heterocycles. The molecule has 114 valence electrons. The van der Waals surface area contributed by atoms with Crippen LogP contribution in [0.1, 0.15) is 12.5 Å². The van der Waals surface area contributed by atoms with Gasteiger partial charge >= 0.3 is 0 Å². The van der Waals surface area contributed by atoms with E-state index in [0.29, 0.717) is 5.75 Å². The second-order valence-corrected chi connectivity index (χ2v) is 7.44. The maximum Gasteiger partial charge on any atom is 0.246 e. The first-order chi connectivity index (χ1) is 9.27. The average molecular weight is 344 g/mol. The van der Waals surface area contributed by atoms with Crippen molar-refractivity contribution in [3.63, 3.8) is 0 Å². The van der Waals surface area contributed by atoms with Crippen LogP contribution >= 0.6 is 23.4 Å². The Kier molecular flexibility index (Phi) is 6.25. The number of hydrogen-bond donors (Lipinski definition) is 0. The first-order valence-corrected chi connectivity index (χ1v) is 9.14.